The average molecular weight is 253 g/mol. The van der Waals surface area contributed by atoms with Crippen molar-refractivity contribution in [1.82, 2.24) is 19.5 Å². The Hall–Kier alpha value is -2.43. The number of hydrogen-bond donors (Lipinski definition) is 1. The second-order valence-electron chi connectivity index (χ2n) is 4.74. The second kappa shape index (κ2) is 4.05. The summed E-state index contributed by atoms with van der Waals surface area (Å²) in [5.74, 6) is 1.87. The molecule has 1 aromatic carbocycles. The summed E-state index contributed by atoms with van der Waals surface area (Å²) in [4.78, 5) is 12.9. The lowest BCUT2D eigenvalue weighted by Crippen LogP contribution is -2.02. The first kappa shape index (κ1) is 11.6. The number of nitrogen functional groups attached to an aromatic ring is 1. The van der Waals surface area contributed by atoms with E-state index < -0.39 is 0 Å². The normalized spacial score (nSPS) is 11.1. The van der Waals surface area contributed by atoms with E-state index in [4.69, 9.17) is 5.73 Å². The summed E-state index contributed by atoms with van der Waals surface area (Å²) < 4.78 is 1.94. The average Bonchev–Trinajstić information content (AvgIpc) is 2.71. The number of benzene rings is 1. The van der Waals surface area contributed by atoms with Crippen molar-refractivity contribution in [2.45, 2.75) is 20.8 Å². The number of fused-ring (bicyclic) bond motifs is 1. The molecule has 0 aliphatic heterocycles. The van der Waals surface area contributed by atoms with Gasteiger partial charge < -0.3 is 5.73 Å². The van der Waals surface area contributed by atoms with Gasteiger partial charge in [-0.05, 0) is 44.0 Å². The summed E-state index contributed by atoms with van der Waals surface area (Å²) >= 11 is 0. The van der Waals surface area contributed by atoms with E-state index in [1.807, 2.05) is 11.5 Å². The van der Waals surface area contributed by atoms with Gasteiger partial charge in [0.05, 0.1) is 11.0 Å². The van der Waals surface area contributed by atoms with Crippen molar-refractivity contribution in [2.75, 3.05) is 5.73 Å². The summed E-state index contributed by atoms with van der Waals surface area (Å²) in [5, 5.41) is 0. The van der Waals surface area contributed by atoms with Crippen molar-refractivity contribution < 1.29 is 0 Å². The molecule has 0 saturated carbocycles. The fourth-order valence-electron chi connectivity index (χ4n) is 2.14. The maximum Gasteiger partial charge on any atom is 0.144 e. The van der Waals surface area contributed by atoms with Crippen LogP contribution in [0.5, 0.6) is 0 Å². The highest BCUT2D eigenvalue weighted by Gasteiger charge is 2.08. The monoisotopic (exact) mass is 253 g/mol. The van der Waals surface area contributed by atoms with Gasteiger partial charge in [0, 0.05) is 6.07 Å². The first-order chi connectivity index (χ1) is 9.04. The predicted molar refractivity (Wildman–Crippen MR) is 75.3 cm³/mol. The Balaban J connectivity index is 2.28. The Labute approximate surface area is 111 Å². The number of anilines is 1. The SMILES string of the molecule is Cc1nc(N)cc(-n2cnc3cc(C)c(C)cc32)n1. The third kappa shape index (κ3) is 1.93. The zero-order chi connectivity index (χ0) is 13.6. The molecule has 5 nitrogen and oxygen atoms in total. The summed E-state index contributed by atoms with van der Waals surface area (Å²) in [6.45, 7) is 6.00. The maximum absolute atomic E-state index is 5.78. The van der Waals surface area contributed by atoms with Crippen LogP contribution in [0.3, 0.4) is 0 Å². The van der Waals surface area contributed by atoms with Gasteiger partial charge in [-0.25, -0.2) is 15.0 Å². The Kier molecular flexibility index (Phi) is 2.48. The van der Waals surface area contributed by atoms with Crippen molar-refractivity contribution in [3.05, 3.63) is 41.5 Å². The summed E-state index contributed by atoms with van der Waals surface area (Å²) in [6, 6.07) is 5.95. The van der Waals surface area contributed by atoms with Gasteiger partial charge in [-0.2, -0.15) is 0 Å². The van der Waals surface area contributed by atoms with E-state index in [1.54, 1.807) is 12.4 Å². The molecule has 0 unspecified atom stereocenters. The van der Waals surface area contributed by atoms with Crippen molar-refractivity contribution in [1.29, 1.82) is 0 Å². The summed E-state index contributed by atoms with van der Waals surface area (Å²) in [6.07, 6.45) is 1.77. The number of imidazole rings is 1. The van der Waals surface area contributed by atoms with Crippen molar-refractivity contribution >= 4 is 16.9 Å². The molecule has 0 aliphatic carbocycles. The van der Waals surface area contributed by atoms with Gasteiger partial charge >= 0.3 is 0 Å². The third-order valence-corrected chi connectivity index (χ3v) is 3.25. The highest BCUT2D eigenvalue weighted by molar-refractivity contribution is 5.79. The molecular formula is C14H15N5. The van der Waals surface area contributed by atoms with Gasteiger partial charge in [-0.15, -0.1) is 0 Å². The lowest BCUT2D eigenvalue weighted by molar-refractivity contribution is 0.959. The molecular weight excluding hydrogens is 238 g/mol. The molecule has 3 aromatic rings. The van der Waals surface area contributed by atoms with Crippen LogP contribution in [0.25, 0.3) is 16.9 Å². The Bertz CT molecular complexity index is 753. The van der Waals surface area contributed by atoms with Crippen LogP contribution in [-0.2, 0) is 0 Å². The van der Waals surface area contributed by atoms with Crippen LogP contribution in [0.15, 0.2) is 24.5 Å². The molecule has 2 aromatic heterocycles. The van der Waals surface area contributed by atoms with Gasteiger partial charge in [-0.3, -0.25) is 4.57 Å². The van der Waals surface area contributed by atoms with Gasteiger partial charge in [0.25, 0.3) is 0 Å². The molecule has 96 valence electrons. The Morgan fingerprint density at radius 2 is 1.74 bits per heavy atom. The first-order valence-corrected chi connectivity index (χ1v) is 6.10. The van der Waals surface area contributed by atoms with Crippen molar-refractivity contribution in [3.63, 3.8) is 0 Å². The zero-order valence-electron chi connectivity index (χ0n) is 11.2. The first-order valence-electron chi connectivity index (χ1n) is 6.10. The zero-order valence-corrected chi connectivity index (χ0v) is 11.2. The van der Waals surface area contributed by atoms with Crippen LogP contribution in [0.1, 0.15) is 17.0 Å². The molecule has 2 heterocycles. The maximum atomic E-state index is 5.78. The van der Waals surface area contributed by atoms with Gasteiger partial charge in [0.2, 0.25) is 0 Å². The van der Waals surface area contributed by atoms with Gasteiger partial charge in [0.1, 0.15) is 23.8 Å². The fourth-order valence-corrected chi connectivity index (χ4v) is 2.14. The van der Waals surface area contributed by atoms with E-state index in [1.165, 1.54) is 11.1 Å². The molecule has 2 N–H and O–H groups in total. The molecule has 0 aliphatic rings. The Morgan fingerprint density at radius 3 is 2.47 bits per heavy atom. The predicted octanol–water partition coefficient (Wildman–Crippen LogP) is 2.32. The largest absolute Gasteiger partial charge is 0.384 e. The molecule has 0 fully saturated rings. The van der Waals surface area contributed by atoms with Gasteiger partial charge in [0.15, 0.2) is 0 Å². The van der Waals surface area contributed by atoms with E-state index >= 15 is 0 Å². The van der Waals surface area contributed by atoms with Crippen LogP contribution in [0, 0.1) is 20.8 Å². The minimum absolute atomic E-state index is 0.466. The molecule has 0 atom stereocenters. The van der Waals surface area contributed by atoms with E-state index in [0.29, 0.717) is 11.6 Å². The summed E-state index contributed by atoms with van der Waals surface area (Å²) in [5.41, 5.74) is 10.2. The van der Waals surface area contributed by atoms with Crippen LogP contribution < -0.4 is 5.73 Å². The fraction of sp³-hybridized carbons (Fsp3) is 0.214. The van der Waals surface area contributed by atoms with E-state index in [0.717, 1.165) is 16.9 Å². The molecule has 0 amide bonds. The molecule has 5 heteroatoms. The van der Waals surface area contributed by atoms with E-state index in [-0.39, 0.29) is 0 Å². The number of aryl methyl sites for hydroxylation is 3. The highest BCUT2D eigenvalue weighted by atomic mass is 15.1. The number of nitrogens with zero attached hydrogens (tertiary/aromatic N) is 4. The minimum atomic E-state index is 0.466. The quantitative estimate of drug-likeness (QED) is 0.722. The lowest BCUT2D eigenvalue weighted by Gasteiger charge is -2.06. The second-order valence-corrected chi connectivity index (χ2v) is 4.74. The topological polar surface area (TPSA) is 69.6 Å². The molecule has 0 radical (unpaired) electrons. The van der Waals surface area contributed by atoms with E-state index in [9.17, 15) is 0 Å². The Morgan fingerprint density at radius 1 is 1.00 bits per heavy atom. The molecule has 19 heavy (non-hydrogen) atoms. The molecule has 0 bridgehead atoms. The lowest BCUT2D eigenvalue weighted by atomic mass is 10.1. The molecule has 3 rings (SSSR count). The number of rotatable bonds is 1. The van der Waals surface area contributed by atoms with Crippen molar-refractivity contribution in [3.8, 4) is 5.82 Å². The number of hydrogen-bond acceptors (Lipinski definition) is 4. The van der Waals surface area contributed by atoms with Crippen LogP contribution in [-0.4, -0.2) is 19.5 Å². The van der Waals surface area contributed by atoms with Crippen LogP contribution >= 0.6 is 0 Å². The van der Waals surface area contributed by atoms with E-state index in [2.05, 4.69) is 40.9 Å². The third-order valence-electron chi connectivity index (χ3n) is 3.25. The smallest absolute Gasteiger partial charge is 0.144 e. The standard InChI is InChI=1S/C14H15N5/c1-8-4-11-12(5-9(8)2)19(7-16-11)14-6-13(15)17-10(3)18-14/h4-7H,1-3H3,(H2,15,17,18). The number of aromatic nitrogens is 4. The van der Waals surface area contributed by atoms with Crippen LogP contribution in [0.4, 0.5) is 5.82 Å². The van der Waals surface area contributed by atoms with Gasteiger partial charge in [-0.1, -0.05) is 0 Å². The van der Waals surface area contributed by atoms with Crippen LogP contribution in [0.2, 0.25) is 0 Å². The minimum Gasteiger partial charge on any atom is -0.384 e. The molecule has 0 spiro atoms. The summed E-state index contributed by atoms with van der Waals surface area (Å²) in [7, 11) is 0. The van der Waals surface area contributed by atoms with Crippen molar-refractivity contribution in [2.24, 2.45) is 0 Å². The molecule has 0 saturated heterocycles. The number of nitrogens with two attached hydrogens (primary N) is 1. The highest BCUT2D eigenvalue weighted by Crippen LogP contribution is 2.21.